The third-order valence-corrected chi connectivity index (χ3v) is 4.89. The second-order valence-electron chi connectivity index (χ2n) is 6.69. The standard InChI is InChI=1S/C18H23N7O2/c1-14-11-20-16(13-19-14)18(26)25-4-2-24(3-5-25)17-10-15(12-21-22-17)23-6-8-27-9-7-23/h10-13H,2-9H2,1H3. The Balaban J connectivity index is 1.39. The van der Waals surface area contributed by atoms with E-state index in [1.54, 1.807) is 18.6 Å². The average Bonchev–Trinajstić information content (AvgIpc) is 2.75. The van der Waals surface area contributed by atoms with E-state index in [1.165, 1.54) is 0 Å². The van der Waals surface area contributed by atoms with E-state index in [1.807, 2.05) is 11.8 Å². The highest BCUT2D eigenvalue weighted by Gasteiger charge is 2.24. The van der Waals surface area contributed by atoms with Crippen LogP contribution in [0.2, 0.25) is 0 Å². The molecule has 2 aromatic rings. The molecule has 0 aliphatic carbocycles. The molecule has 0 atom stereocenters. The van der Waals surface area contributed by atoms with E-state index in [9.17, 15) is 4.79 Å². The SMILES string of the molecule is Cc1cnc(C(=O)N2CCN(c3cc(N4CCOCC4)cnn3)CC2)cn1. The van der Waals surface area contributed by atoms with Crippen molar-refractivity contribution in [3.63, 3.8) is 0 Å². The van der Waals surface area contributed by atoms with Crippen LogP contribution in [0.15, 0.2) is 24.7 Å². The van der Waals surface area contributed by atoms with Gasteiger partial charge in [-0.15, -0.1) is 5.10 Å². The zero-order valence-corrected chi connectivity index (χ0v) is 15.4. The molecule has 2 fully saturated rings. The van der Waals surface area contributed by atoms with E-state index in [2.05, 4.69) is 36.0 Å². The number of ether oxygens (including phenoxy) is 1. The molecular weight excluding hydrogens is 346 g/mol. The summed E-state index contributed by atoms with van der Waals surface area (Å²) in [6.07, 6.45) is 4.96. The van der Waals surface area contributed by atoms with Crippen molar-refractivity contribution in [1.82, 2.24) is 25.1 Å². The van der Waals surface area contributed by atoms with Gasteiger partial charge in [-0.1, -0.05) is 0 Å². The molecule has 4 heterocycles. The fourth-order valence-electron chi connectivity index (χ4n) is 3.30. The maximum atomic E-state index is 12.6. The number of piperazine rings is 1. The lowest BCUT2D eigenvalue weighted by atomic mass is 10.2. The summed E-state index contributed by atoms with van der Waals surface area (Å²) >= 11 is 0. The fourth-order valence-corrected chi connectivity index (χ4v) is 3.30. The predicted octanol–water partition coefficient (Wildman–Crippen LogP) is 0.374. The van der Waals surface area contributed by atoms with Gasteiger partial charge in [-0.2, -0.15) is 5.10 Å². The largest absolute Gasteiger partial charge is 0.378 e. The summed E-state index contributed by atoms with van der Waals surface area (Å²) in [5.41, 5.74) is 2.26. The van der Waals surface area contributed by atoms with Gasteiger partial charge in [-0.05, 0) is 6.92 Å². The number of aromatic nitrogens is 4. The molecule has 4 rings (SSSR count). The number of anilines is 2. The van der Waals surface area contributed by atoms with Crippen LogP contribution in [0.3, 0.4) is 0 Å². The van der Waals surface area contributed by atoms with Gasteiger partial charge >= 0.3 is 0 Å². The van der Waals surface area contributed by atoms with Gasteiger partial charge in [-0.3, -0.25) is 9.78 Å². The van der Waals surface area contributed by atoms with Crippen LogP contribution < -0.4 is 9.80 Å². The first-order chi connectivity index (χ1) is 13.2. The van der Waals surface area contributed by atoms with Crippen molar-refractivity contribution in [2.45, 2.75) is 6.92 Å². The van der Waals surface area contributed by atoms with Gasteiger partial charge < -0.3 is 19.4 Å². The molecule has 0 radical (unpaired) electrons. The van der Waals surface area contributed by atoms with Crippen molar-refractivity contribution in [1.29, 1.82) is 0 Å². The molecule has 2 aliphatic heterocycles. The van der Waals surface area contributed by atoms with Gasteiger partial charge in [0.2, 0.25) is 0 Å². The highest BCUT2D eigenvalue weighted by atomic mass is 16.5. The van der Waals surface area contributed by atoms with Crippen LogP contribution in [0.1, 0.15) is 16.2 Å². The van der Waals surface area contributed by atoms with Crippen LogP contribution in [0.5, 0.6) is 0 Å². The number of hydrogen-bond acceptors (Lipinski definition) is 8. The van der Waals surface area contributed by atoms with E-state index < -0.39 is 0 Å². The normalized spacial score (nSPS) is 17.9. The minimum absolute atomic E-state index is 0.0738. The number of morpholine rings is 1. The van der Waals surface area contributed by atoms with E-state index in [-0.39, 0.29) is 5.91 Å². The number of aryl methyl sites for hydroxylation is 1. The van der Waals surface area contributed by atoms with Gasteiger partial charge in [-0.25, -0.2) is 4.98 Å². The number of nitrogens with zero attached hydrogens (tertiary/aromatic N) is 7. The Morgan fingerprint density at radius 3 is 2.44 bits per heavy atom. The van der Waals surface area contributed by atoms with Gasteiger partial charge in [0.05, 0.1) is 37.0 Å². The Kier molecular flexibility index (Phi) is 5.10. The molecule has 0 aromatic carbocycles. The summed E-state index contributed by atoms with van der Waals surface area (Å²) in [5, 5.41) is 8.46. The average molecular weight is 369 g/mol. The highest BCUT2D eigenvalue weighted by molar-refractivity contribution is 5.92. The fraction of sp³-hybridized carbons (Fsp3) is 0.500. The zero-order valence-electron chi connectivity index (χ0n) is 15.4. The van der Waals surface area contributed by atoms with E-state index in [0.29, 0.717) is 31.9 Å². The molecule has 0 spiro atoms. The lowest BCUT2D eigenvalue weighted by molar-refractivity contribution is 0.0740. The van der Waals surface area contributed by atoms with Gasteiger partial charge in [0, 0.05) is 51.5 Å². The maximum absolute atomic E-state index is 12.6. The summed E-state index contributed by atoms with van der Waals surface area (Å²) in [6.45, 7) is 7.73. The van der Waals surface area contributed by atoms with Crippen LogP contribution in [-0.4, -0.2) is 83.5 Å². The molecule has 0 saturated carbocycles. The summed E-state index contributed by atoms with van der Waals surface area (Å²) in [5.74, 6) is 0.775. The smallest absolute Gasteiger partial charge is 0.274 e. The predicted molar refractivity (Wildman–Crippen MR) is 99.9 cm³/mol. The van der Waals surface area contributed by atoms with Gasteiger partial charge in [0.1, 0.15) is 5.69 Å². The van der Waals surface area contributed by atoms with Crippen molar-refractivity contribution in [3.8, 4) is 0 Å². The molecule has 27 heavy (non-hydrogen) atoms. The van der Waals surface area contributed by atoms with Crippen LogP contribution in [0, 0.1) is 6.92 Å². The van der Waals surface area contributed by atoms with Crippen LogP contribution >= 0.6 is 0 Å². The number of rotatable bonds is 3. The Labute approximate surface area is 158 Å². The maximum Gasteiger partial charge on any atom is 0.274 e. The van der Waals surface area contributed by atoms with Gasteiger partial charge in [0.15, 0.2) is 5.82 Å². The Bertz CT molecular complexity index is 785. The van der Waals surface area contributed by atoms with Crippen molar-refractivity contribution in [3.05, 3.63) is 36.0 Å². The Morgan fingerprint density at radius 1 is 0.963 bits per heavy atom. The summed E-state index contributed by atoms with van der Waals surface area (Å²) < 4.78 is 5.41. The molecule has 0 N–H and O–H groups in total. The van der Waals surface area contributed by atoms with Gasteiger partial charge in [0.25, 0.3) is 5.91 Å². The molecule has 9 heteroatoms. The van der Waals surface area contributed by atoms with Crippen molar-refractivity contribution in [2.75, 3.05) is 62.3 Å². The second kappa shape index (κ2) is 7.83. The third kappa shape index (κ3) is 3.97. The summed E-state index contributed by atoms with van der Waals surface area (Å²) in [4.78, 5) is 27.2. The number of carbonyl (C=O) groups is 1. The molecule has 2 saturated heterocycles. The van der Waals surface area contributed by atoms with Crippen LogP contribution in [-0.2, 0) is 4.74 Å². The zero-order chi connectivity index (χ0) is 18.6. The highest BCUT2D eigenvalue weighted by Crippen LogP contribution is 2.21. The Hall–Kier alpha value is -2.81. The lowest BCUT2D eigenvalue weighted by Gasteiger charge is -2.35. The minimum Gasteiger partial charge on any atom is -0.378 e. The Morgan fingerprint density at radius 2 is 1.74 bits per heavy atom. The molecule has 1 amide bonds. The molecular formula is C18H23N7O2. The van der Waals surface area contributed by atoms with E-state index >= 15 is 0 Å². The lowest BCUT2D eigenvalue weighted by Crippen LogP contribution is -2.49. The molecule has 2 aromatic heterocycles. The third-order valence-electron chi connectivity index (χ3n) is 4.89. The number of carbonyl (C=O) groups excluding carboxylic acids is 1. The molecule has 142 valence electrons. The number of amides is 1. The number of hydrogen-bond donors (Lipinski definition) is 0. The molecule has 2 aliphatic rings. The molecule has 9 nitrogen and oxygen atoms in total. The van der Waals surface area contributed by atoms with Crippen LogP contribution in [0.4, 0.5) is 11.5 Å². The van der Waals surface area contributed by atoms with E-state index in [0.717, 1.165) is 43.5 Å². The molecule has 0 unspecified atom stereocenters. The first-order valence-electron chi connectivity index (χ1n) is 9.19. The topological polar surface area (TPSA) is 87.6 Å². The first-order valence-corrected chi connectivity index (χ1v) is 9.19. The van der Waals surface area contributed by atoms with Crippen molar-refractivity contribution < 1.29 is 9.53 Å². The quantitative estimate of drug-likeness (QED) is 0.767. The monoisotopic (exact) mass is 369 g/mol. The second-order valence-corrected chi connectivity index (χ2v) is 6.69. The van der Waals surface area contributed by atoms with Crippen molar-refractivity contribution >= 4 is 17.4 Å². The van der Waals surface area contributed by atoms with Crippen LogP contribution in [0.25, 0.3) is 0 Å². The summed E-state index contributed by atoms with van der Waals surface area (Å²) in [7, 11) is 0. The van der Waals surface area contributed by atoms with Crippen molar-refractivity contribution in [2.24, 2.45) is 0 Å². The summed E-state index contributed by atoms with van der Waals surface area (Å²) in [6, 6.07) is 2.07. The first kappa shape index (κ1) is 17.6. The minimum atomic E-state index is -0.0738. The molecule has 0 bridgehead atoms. The van der Waals surface area contributed by atoms with E-state index in [4.69, 9.17) is 4.74 Å².